The number of halogens is 1. The average Bonchev–Trinajstić information content (AvgIpc) is 3.17. The first kappa shape index (κ1) is 23.2. The van der Waals surface area contributed by atoms with Crippen LogP contribution in [0.4, 0.5) is 15.3 Å². The normalized spacial score (nSPS) is 11.6. The minimum absolute atomic E-state index is 0.204. The summed E-state index contributed by atoms with van der Waals surface area (Å²) in [6, 6.07) is 14.3. The third-order valence-corrected chi connectivity index (χ3v) is 10.5. The smallest absolute Gasteiger partial charge is 0.192 e. The molecule has 7 heteroatoms. The first-order chi connectivity index (χ1) is 13.7. The number of nitrogens with zero attached hydrogens (tertiary/aromatic N) is 2. The number of pyridine rings is 1. The summed E-state index contributed by atoms with van der Waals surface area (Å²) in [6.07, 6.45) is 3.71. The molecule has 1 N–H and O–H groups in total. The zero-order chi connectivity index (χ0) is 21.5. The standard InChI is InChI=1S/C21H27N3OSSi.CH3F/c1-21(2,3)27(4,5)25-15-16-11-12-22-19(13-16)24-20-23-14-18(26-20)17-9-7-6-8-10-17;1-2/h6-14H,15H2,1-5H3,(H,22,23,24);1H3. The minimum Gasteiger partial charge on any atom is -0.413 e. The molecule has 156 valence electrons. The molecule has 0 unspecified atom stereocenters. The van der Waals surface area contributed by atoms with Gasteiger partial charge in [-0.15, -0.1) is 0 Å². The lowest BCUT2D eigenvalue weighted by Crippen LogP contribution is -2.40. The van der Waals surface area contributed by atoms with Gasteiger partial charge in [0, 0.05) is 12.4 Å². The molecule has 3 rings (SSSR count). The van der Waals surface area contributed by atoms with Crippen LogP contribution in [0.15, 0.2) is 54.9 Å². The Morgan fingerprint density at radius 3 is 2.41 bits per heavy atom. The molecule has 0 aliphatic rings. The molecule has 0 saturated heterocycles. The predicted molar refractivity (Wildman–Crippen MR) is 124 cm³/mol. The van der Waals surface area contributed by atoms with Crippen molar-refractivity contribution in [1.82, 2.24) is 9.97 Å². The van der Waals surface area contributed by atoms with Gasteiger partial charge in [-0.05, 0) is 41.4 Å². The maximum atomic E-state index is 9.50. The Morgan fingerprint density at radius 1 is 1.07 bits per heavy atom. The van der Waals surface area contributed by atoms with E-state index < -0.39 is 8.32 Å². The molecule has 2 heterocycles. The molecule has 1 aromatic carbocycles. The van der Waals surface area contributed by atoms with Crippen molar-refractivity contribution in [2.24, 2.45) is 0 Å². The molecule has 0 bridgehead atoms. The number of hydrogen-bond donors (Lipinski definition) is 1. The van der Waals surface area contributed by atoms with Crippen molar-refractivity contribution in [3.05, 3.63) is 60.4 Å². The molecule has 29 heavy (non-hydrogen) atoms. The van der Waals surface area contributed by atoms with Crippen molar-refractivity contribution in [2.45, 2.75) is 45.5 Å². The van der Waals surface area contributed by atoms with Gasteiger partial charge in [-0.3, -0.25) is 4.39 Å². The minimum atomic E-state index is -1.76. The number of benzene rings is 1. The molecule has 4 nitrogen and oxygen atoms in total. The first-order valence-electron chi connectivity index (χ1n) is 9.49. The summed E-state index contributed by atoms with van der Waals surface area (Å²) in [4.78, 5) is 10.0. The van der Waals surface area contributed by atoms with Crippen LogP contribution in [0.25, 0.3) is 10.4 Å². The van der Waals surface area contributed by atoms with E-state index in [4.69, 9.17) is 4.43 Å². The van der Waals surface area contributed by atoms with E-state index >= 15 is 0 Å². The lowest BCUT2D eigenvalue weighted by atomic mass is 10.2. The monoisotopic (exact) mass is 431 g/mol. The summed E-state index contributed by atoms with van der Waals surface area (Å²) in [5.74, 6) is 0.792. The summed E-state index contributed by atoms with van der Waals surface area (Å²) < 4.78 is 15.8. The Balaban J connectivity index is 0.00000145. The fraction of sp³-hybridized carbons (Fsp3) is 0.364. The van der Waals surface area contributed by atoms with Crippen molar-refractivity contribution >= 4 is 30.6 Å². The number of alkyl halides is 1. The van der Waals surface area contributed by atoms with Gasteiger partial charge in [-0.25, -0.2) is 9.97 Å². The molecule has 3 aromatic rings. The largest absolute Gasteiger partial charge is 0.413 e. The van der Waals surface area contributed by atoms with Gasteiger partial charge in [0.05, 0.1) is 18.7 Å². The average molecular weight is 432 g/mol. The second kappa shape index (κ2) is 10.1. The van der Waals surface area contributed by atoms with Gasteiger partial charge in [0.2, 0.25) is 0 Å². The van der Waals surface area contributed by atoms with Crippen LogP contribution in [0.1, 0.15) is 26.3 Å². The zero-order valence-corrected chi connectivity index (χ0v) is 19.8. The van der Waals surface area contributed by atoms with E-state index in [0.717, 1.165) is 21.4 Å². The van der Waals surface area contributed by atoms with E-state index in [1.54, 1.807) is 11.3 Å². The van der Waals surface area contributed by atoms with Crippen molar-refractivity contribution in [2.75, 3.05) is 12.5 Å². The van der Waals surface area contributed by atoms with Crippen LogP contribution in [0.2, 0.25) is 18.1 Å². The molecule has 0 atom stereocenters. The molecule has 0 aliphatic heterocycles. The molecule has 0 saturated carbocycles. The van der Waals surface area contributed by atoms with Gasteiger partial charge < -0.3 is 9.74 Å². The Bertz CT molecular complexity index is 894. The molecule has 0 radical (unpaired) electrons. The van der Waals surface area contributed by atoms with Gasteiger partial charge in [0.1, 0.15) is 5.82 Å². The molecule has 0 spiro atoms. The number of thiazole rings is 1. The van der Waals surface area contributed by atoms with Crippen molar-refractivity contribution in [1.29, 1.82) is 0 Å². The number of aromatic nitrogens is 2. The van der Waals surface area contributed by atoms with Gasteiger partial charge in [-0.1, -0.05) is 62.4 Å². The highest BCUT2D eigenvalue weighted by molar-refractivity contribution is 7.18. The van der Waals surface area contributed by atoms with E-state index in [2.05, 4.69) is 61.3 Å². The molecule has 0 aliphatic carbocycles. The highest BCUT2D eigenvalue weighted by Gasteiger charge is 2.37. The van der Waals surface area contributed by atoms with E-state index in [-0.39, 0.29) is 5.04 Å². The number of anilines is 2. The van der Waals surface area contributed by atoms with Gasteiger partial charge in [0.25, 0.3) is 0 Å². The maximum absolute atomic E-state index is 9.50. The summed E-state index contributed by atoms with van der Waals surface area (Å²) >= 11 is 1.62. The Hall–Kier alpha value is -2.09. The SMILES string of the molecule is CC(C)(C)[Si](C)(C)OCc1ccnc(Nc2ncc(-c3ccccc3)s2)c1.CF. The second-order valence-corrected chi connectivity index (χ2v) is 14.0. The number of hydrogen-bond acceptors (Lipinski definition) is 5. The number of rotatable bonds is 6. The van der Waals surface area contributed by atoms with Crippen LogP contribution < -0.4 is 5.32 Å². The lowest BCUT2D eigenvalue weighted by Gasteiger charge is -2.36. The van der Waals surface area contributed by atoms with Crippen LogP contribution in [-0.2, 0) is 11.0 Å². The second-order valence-electron chi connectivity index (χ2n) is 8.12. The van der Waals surface area contributed by atoms with Crippen LogP contribution in [-0.4, -0.2) is 25.5 Å². The van der Waals surface area contributed by atoms with Crippen molar-refractivity contribution < 1.29 is 8.82 Å². The third-order valence-electron chi connectivity index (χ3n) is 5.03. The summed E-state index contributed by atoms with van der Waals surface area (Å²) in [7, 11) is -1.26. The van der Waals surface area contributed by atoms with E-state index in [9.17, 15) is 4.39 Å². The van der Waals surface area contributed by atoms with E-state index in [0.29, 0.717) is 13.8 Å². The Labute approximate surface area is 178 Å². The lowest BCUT2D eigenvalue weighted by molar-refractivity contribution is 0.276. The quantitative estimate of drug-likeness (QED) is 0.425. The molecule has 0 fully saturated rings. The number of nitrogens with one attached hydrogen (secondary N) is 1. The van der Waals surface area contributed by atoms with Gasteiger partial charge in [0.15, 0.2) is 13.4 Å². The van der Waals surface area contributed by atoms with E-state index in [1.165, 1.54) is 5.56 Å². The zero-order valence-electron chi connectivity index (χ0n) is 18.0. The van der Waals surface area contributed by atoms with Crippen LogP contribution in [0, 0.1) is 0 Å². The molecular formula is C22H30FN3OSSi. The highest BCUT2D eigenvalue weighted by atomic mass is 32.1. The van der Waals surface area contributed by atoms with Crippen LogP contribution in [0.5, 0.6) is 0 Å². The fourth-order valence-electron chi connectivity index (χ4n) is 2.29. The van der Waals surface area contributed by atoms with Crippen LogP contribution >= 0.6 is 11.3 Å². The van der Waals surface area contributed by atoms with Crippen molar-refractivity contribution in [3.63, 3.8) is 0 Å². The maximum Gasteiger partial charge on any atom is 0.192 e. The van der Waals surface area contributed by atoms with Crippen LogP contribution in [0.3, 0.4) is 0 Å². The molecular weight excluding hydrogens is 401 g/mol. The summed E-state index contributed by atoms with van der Waals surface area (Å²) in [5, 5.41) is 4.36. The third kappa shape index (κ3) is 6.45. The predicted octanol–water partition coefficient (Wildman–Crippen LogP) is 7.06. The summed E-state index contributed by atoms with van der Waals surface area (Å²) in [5.41, 5.74) is 2.30. The molecule has 2 aromatic heterocycles. The van der Waals surface area contributed by atoms with Gasteiger partial charge >= 0.3 is 0 Å². The first-order valence-corrected chi connectivity index (χ1v) is 13.2. The van der Waals surface area contributed by atoms with Crippen molar-refractivity contribution in [3.8, 4) is 10.4 Å². The topological polar surface area (TPSA) is 47.0 Å². The Kier molecular flexibility index (Phi) is 8.07. The highest BCUT2D eigenvalue weighted by Crippen LogP contribution is 2.37. The Morgan fingerprint density at radius 2 is 1.76 bits per heavy atom. The fourth-order valence-corrected chi connectivity index (χ4v) is 4.08. The summed E-state index contributed by atoms with van der Waals surface area (Å²) in [6.45, 7) is 11.9. The molecule has 0 amide bonds. The van der Waals surface area contributed by atoms with E-state index in [1.807, 2.05) is 42.7 Å². The van der Waals surface area contributed by atoms with Gasteiger partial charge in [-0.2, -0.15) is 0 Å².